The summed E-state index contributed by atoms with van der Waals surface area (Å²) in [5.74, 6) is 0.868. The molecule has 2 N–H and O–H groups in total. The van der Waals surface area contributed by atoms with E-state index in [4.69, 9.17) is 4.74 Å². The van der Waals surface area contributed by atoms with E-state index < -0.39 is 0 Å². The van der Waals surface area contributed by atoms with E-state index in [9.17, 15) is 0 Å². The molecule has 0 aliphatic carbocycles. The van der Waals surface area contributed by atoms with Gasteiger partial charge in [-0.15, -0.1) is 24.0 Å². The molecule has 0 atom stereocenters. The van der Waals surface area contributed by atoms with Crippen molar-refractivity contribution in [3.8, 4) is 0 Å². The highest BCUT2D eigenvalue weighted by atomic mass is 127. The second kappa shape index (κ2) is 11.2. The molecule has 1 aliphatic rings. The van der Waals surface area contributed by atoms with Crippen molar-refractivity contribution in [2.24, 2.45) is 10.4 Å². The summed E-state index contributed by atoms with van der Waals surface area (Å²) in [6, 6.07) is 10.7. The Bertz CT molecular complexity index is 569. The van der Waals surface area contributed by atoms with Gasteiger partial charge in [-0.25, -0.2) is 0 Å². The van der Waals surface area contributed by atoms with Crippen LogP contribution in [0.4, 0.5) is 0 Å². The molecule has 154 valence electrons. The predicted octanol–water partition coefficient (Wildman–Crippen LogP) is 3.15. The quantitative estimate of drug-likeness (QED) is 0.352. The fourth-order valence-electron chi connectivity index (χ4n) is 3.34. The molecule has 1 fully saturated rings. The summed E-state index contributed by atoms with van der Waals surface area (Å²) in [5.41, 5.74) is 1.59. The summed E-state index contributed by atoms with van der Waals surface area (Å²) in [7, 11) is 1.83. The standard InChI is InChI=1S/C21H36N4O.HI/c1-20(2,15-18-9-7-6-8-10-18)16-23-19(22-5)24-17-21(3,4)25-11-13-26-14-12-25;/h6-10H,11-17H2,1-5H3,(H2,22,23,24);1H. The van der Waals surface area contributed by atoms with E-state index in [1.54, 1.807) is 0 Å². The van der Waals surface area contributed by atoms with Gasteiger partial charge in [-0.3, -0.25) is 9.89 Å². The van der Waals surface area contributed by atoms with Gasteiger partial charge in [0.1, 0.15) is 0 Å². The molecule has 0 unspecified atom stereocenters. The molecule has 0 aromatic heterocycles. The van der Waals surface area contributed by atoms with Crippen LogP contribution in [0.25, 0.3) is 0 Å². The van der Waals surface area contributed by atoms with Crippen LogP contribution in [0.15, 0.2) is 35.3 Å². The third kappa shape index (κ3) is 8.35. The van der Waals surface area contributed by atoms with Gasteiger partial charge < -0.3 is 15.4 Å². The lowest BCUT2D eigenvalue weighted by atomic mass is 9.86. The number of hydrogen-bond donors (Lipinski definition) is 2. The first-order valence-electron chi connectivity index (χ1n) is 9.64. The normalized spacial score (nSPS) is 16.6. The lowest BCUT2D eigenvalue weighted by Crippen LogP contribution is -2.56. The number of guanidine groups is 1. The molecule has 1 aromatic carbocycles. The Labute approximate surface area is 182 Å². The minimum absolute atomic E-state index is 0. The van der Waals surface area contributed by atoms with Crippen LogP contribution in [0.2, 0.25) is 0 Å². The fourth-order valence-corrected chi connectivity index (χ4v) is 3.34. The number of morpholine rings is 1. The van der Waals surface area contributed by atoms with E-state index in [0.717, 1.165) is 51.8 Å². The SMILES string of the molecule is CN=C(NCC(C)(C)Cc1ccccc1)NCC(C)(C)N1CCOCC1.I. The van der Waals surface area contributed by atoms with Crippen LogP contribution in [-0.4, -0.2) is 62.8 Å². The number of benzene rings is 1. The first-order valence-corrected chi connectivity index (χ1v) is 9.64. The number of aliphatic imine (C=N–C) groups is 1. The van der Waals surface area contributed by atoms with Gasteiger partial charge >= 0.3 is 0 Å². The smallest absolute Gasteiger partial charge is 0.191 e. The van der Waals surface area contributed by atoms with Gasteiger partial charge in [0.2, 0.25) is 0 Å². The van der Waals surface area contributed by atoms with Gasteiger partial charge in [-0.05, 0) is 31.2 Å². The van der Waals surface area contributed by atoms with Gasteiger partial charge in [0, 0.05) is 38.8 Å². The molecule has 0 bridgehead atoms. The number of nitrogens with zero attached hydrogens (tertiary/aromatic N) is 2. The Balaban J connectivity index is 0.00000364. The van der Waals surface area contributed by atoms with Crippen molar-refractivity contribution in [1.29, 1.82) is 0 Å². The molecule has 0 amide bonds. The van der Waals surface area contributed by atoms with Gasteiger partial charge in [0.25, 0.3) is 0 Å². The highest BCUT2D eigenvalue weighted by molar-refractivity contribution is 14.0. The molecule has 1 heterocycles. The van der Waals surface area contributed by atoms with Crippen LogP contribution in [0.5, 0.6) is 0 Å². The number of halogens is 1. The zero-order valence-corrected chi connectivity index (χ0v) is 19.9. The molecular formula is C21H37IN4O. The lowest BCUT2D eigenvalue weighted by molar-refractivity contribution is -0.00834. The molecule has 2 rings (SSSR count). The molecule has 0 radical (unpaired) electrons. The van der Waals surface area contributed by atoms with Crippen LogP contribution in [0.1, 0.15) is 33.3 Å². The van der Waals surface area contributed by atoms with Crippen LogP contribution in [-0.2, 0) is 11.2 Å². The Morgan fingerprint density at radius 2 is 1.63 bits per heavy atom. The zero-order chi connectivity index (χ0) is 19.0. The molecule has 27 heavy (non-hydrogen) atoms. The van der Waals surface area contributed by atoms with Crippen molar-refractivity contribution < 1.29 is 4.74 Å². The largest absolute Gasteiger partial charge is 0.379 e. The van der Waals surface area contributed by atoms with Crippen molar-refractivity contribution in [3.63, 3.8) is 0 Å². The minimum atomic E-state index is 0. The Morgan fingerprint density at radius 3 is 2.22 bits per heavy atom. The van der Waals surface area contributed by atoms with Gasteiger partial charge in [-0.1, -0.05) is 44.2 Å². The Hall–Kier alpha value is -0.860. The number of nitrogens with one attached hydrogen (secondary N) is 2. The Morgan fingerprint density at radius 1 is 1.04 bits per heavy atom. The predicted molar refractivity (Wildman–Crippen MR) is 125 cm³/mol. The maximum atomic E-state index is 5.47. The molecular weight excluding hydrogens is 451 g/mol. The van der Waals surface area contributed by atoms with Gasteiger partial charge in [0.15, 0.2) is 5.96 Å². The maximum Gasteiger partial charge on any atom is 0.191 e. The monoisotopic (exact) mass is 488 g/mol. The van der Waals surface area contributed by atoms with Crippen LogP contribution < -0.4 is 10.6 Å². The average molecular weight is 488 g/mol. The summed E-state index contributed by atoms with van der Waals surface area (Å²) in [4.78, 5) is 6.88. The summed E-state index contributed by atoms with van der Waals surface area (Å²) >= 11 is 0. The van der Waals surface area contributed by atoms with Gasteiger partial charge in [0.05, 0.1) is 13.2 Å². The summed E-state index contributed by atoms with van der Waals surface area (Å²) in [6.07, 6.45) is 1.04. The van der Waals surface area contributed by atoms with E-state index in [1.807, 2.05) is 7.05 Å². The summed E-state index contributed by atoms with van der Waals surface area (Å²) < 4.78 is 5.47. The minimum Gasteiger partial charge on any atom is -0.379 e. The van der Waals surface area contributed by atoms with Crippen molar-refractivity contribution in [2.75, 3.05) is 46.4 Å². The topological polar surface area (TPSA) is 48.9 Å². The fraction of sp³-hybridized carbons (Fsp3) is 0.667. The third-order valence-corrected chi connectivity index (χ3v) is 5.04. The van der Waals surface area contributed by atoms with Crippen LogP contribution in [0.3, 0.4) is 0 Å². The Kier molecular flexibility index (Phi) is 10.0. The molecule has 1 aliphatic heterocycles. The van der Waals surface area contributed by atoms with Crippen LogP contribution in [0, 0.1) is 5.41 Å². The van der Waals surface area contributed by atoms with Crippen molar-refractivity contribution >= 4 is 29.9 Å². The molecule has 0 spiro atoms. The van der Waals surface area contributed by atoms with Crippen molar-refractivity contribution in [1.82, 2.24) is 15.5 Å². The number of rotatable bonds is 7. The molecule has 1 aromatic rings. The van der Waals surface area contributed by atoms with Crippen molar-refractivity contribution in [2.45, 2.75) is 39.7 Å². The molecule has 1 saturated heterocycles. The average Bonchev–Trinajstić information content (AvgIpc) is 2.63. The third-order valence-electron chi connectivity index (χ3n) is 5.04. The lowest BCUT2D eigenvalue weighted by Gasteiger charge is -2.41. The van der Waals surface area contributed by atoms with E-state index in [0.29, 0.717) is 0 Å². The van der Waals surface area contributed by atoms with E-state index in [1.165, 1.54) is 5.56 Å². The van der Waals surface area contributed by atoms with E-state index >= 15 is 0 Å². The first-order chi connectivity index (χ1) is 12.3. The highest BCUT2D eigenvalue weighted by Gasteiger charge is 2.28. The van der Waals surface area contributed by atoms with Crippen LogP contribution >= 0.6 is 24.0 Å². The number of hydrogen-bond acceptors (Lipinski definition) is 3. The van der Waals surface area contributed by atoms with E-state index in [2.05, 4.69) is 78.6 Å². The zero-order valence-electron chi connectivity index (χ0n) is 17.5. The first kappa shape index (κ1) is 24.2. The summed E-state index contributed by atoms with van der Waals surface area (Å²) in [5, 5.41) is 7.00. The molecule has 6 heteroatoms. The maximum absolute atomic E-state index is 5.47. The second-order valence-electron chi connectivity index (χ2n) is 8.52. The number of ether oxygens (including phenoxy) is 1. The highest BCUT2D eigenvalue weighted by Crippen LogP contribution is 2.20. The second-order valence-corrected chi connectivity index (χ2v) is 8.52. The van der Waals surface area contributed by atoms with E-state index in [-0.39, 0.29) is 34.9 Å². The molecule has 5 nitrogen and oxygen atoms in total. The summed E-state index contributed by atoms with van der Waals surface area (Å²) in [6.45, 7) is 14.5. The van der Waals surface area contributed by atoms with Gasteiger partial charge in [-0.2, -0.15) is 0 Å². The molecule has 0 saturated carbocycles. The van der Waals surface area contributed by atoms with Crippen molar-refractivity contribution in [3.05, 3.63) is 35.9 Å².